The Labute approximate surface area is 106 Å². The quantitative estimate of drug-likeness (QED) is 0.770. The van der Waals surface area contributed by atoms with E-state index in [1.165, 1.54) is 24.3 Å². The molecule has 0 heterocycles. The molecule has 1 aromatic rings. The van der Waals surface area contributed by atoms with Gasteiger partial charge in [-0.25, -0.2) is 8.42 Å². The number of nitrogens with zero attached hydrogens (tertiary/aromatic N) is 1. The summed E-state index contributed by atoms with van der Waals surface area (Å²) in [5.74, 6) is -1.19. The molecule has 0 spiro atoms. The van der Waals surface area contributed by atoms with Crippen LogP contribution in [-0.2, 0) is 14.8 Å². The number of nitrogen functional groups attached to an aromatic ring is 1. The van der Waals surface area contributed by atoms with Crippen LogP contribution in [0.2, 0.25) is 0 Å². The van der Waals surface area contributed by atoms with Crippen molar-refractivity contribution in [2.24, 2.45) is 0 Å². The lowest BCUT2D eigenvalue weighted by Crippen LogP contribution is -2.40. The van der Waals surface area contributed by atoms with Crippen LogP contribution in [0.5, 0.6) is 0 Å². The van der Waals surface area contributed by atoms with E-state index < -0.39 is 28.6 Å². The Kier molecular flexibility index (Phi) is 4.31. The Morgan fingerprint density at radius 2 is 1.83 bits per heavy atom. The lowest BCUT2D eigenvalue weighted by Gasteiger charge is -2.24. The Morgan fingerprint density at radius 3 is 2.22 bits per heavy atom. The van der Waals surface area contributed by atoms with Crippen molar-refractivity contribution in [1.29, 1.82) is 0 Å². The van der Waals surface area contributed by atoms with Crippen molar-refractivity contribution >= 4 is 21.7 Å². The predicted molar refractivity (Wildman–Crippen MR) is 67.5 cm³/mol. The second-order valence-electron chi connectivity index (χ2n) is 4.11. The molecule has 7 heteroatoms. The fourth-order valence-electron chi connectivity index (χ4n) is 1.45. The van der Waals surface area contributed by atoms with E-state index >= 15 is 0 Å². The Balaban J connectivity index is 3.16. The van der Waals surface area contributed by atoms with Crippen LogP contribution < -0.4 is 5.73 Å². The molecule has 0 radical (unpaired) electrons. The van der Waals surface area contributed by atoms with Crippen LogP contribution in [-0.4, -0.2) is 36.4 Å². The van der Waals surface area contributed by atoms with Gasteiger partial charge in [-0.2, -0.15) is 4.31 Å². The molecule has 0 aliphatic rings. The number of carboxylic acid groups (broad SMARTS) is 1. The van der Waals surface area contributed by atoms with Crippen LogP contribution in [0.15, 0.2) is 29.2 Å². The Morgan fingerprint density at radius 1 is 1.33 bits per heavy atom. The van der Waals surface area contributed by atoms with Gasteiger partial charge in [-0.1, -0.05) is 0 Å². The van der Waals surface area contributed by atoms with E-state index in [0.717, 1.165) is 4.31 Å². The first-order valence-electron chi connectivity index (χ1n) is 5.34. The van der Waals surface area contributed by atoms with Gasteiger partial charge in [0.2, 0.25) is 10.0 Å². The fraction of sp³-hybridized carbons (Fsp3) is 0.364. The summed E-state index contributed by atoms with van der Waals surface area (Å²) in [5.41, 5.74) is 5.93. The third-order valence-electron chi connectivity index (χ3n) is 2.35. The molecule has 0 saturated heterocycles. The number of rotatable bonds is 5. The number of anilines is 1. The molecule has 0 fully saturated rings. The molecule has 1 rings (SSSR count). The van der Waals surface area contributed by atoms with Crippen molar-refractivity contribution in [3.8, 4) is 0 Å². The maximum absolute atomic E-state index is 12.2. The van der Waals surface area contributed by atoms with Crippen LogP contribution in [0.3, 0.4) is 0 Å². The molecule has 3 N–H and O–H groups in total. The topological polar surface area (TPSA) is 101 Å². The smallest absolute Gasteiger partial charge is 0.318 e. The van der Waals surface area contributed by atoms with Crippen LogP contribution in [0.4, 0.5) is 5.69 Å². The van der Waals surface area contributed by atoms with Gasteiger partial charge < -0.3 is 10.8 Å². The third kappa shape index (κ3) is 3.21. The first-order valence-corrected chi connectivity index (χ1v) is 6.78. The van der Waals surface area contributed by atoms with Crippen molar-refractivity contribution in [1.82, 2.24) is 4.31 Å². The third-order valence-corrected chi connectivity index (χ3v) is 4.39. The van der Waals surface area contributed by atoms with E-state index in [0.29, 0.717) is 5.69 Å². The summed E-state index contributed by atoms with van der Waals surface area (Å²) in [6.45, 7) is 2.68. The number of sulfonamides is 1. The zero-order valence-corrected chi connectivity index (χ0v) is 11.0. The van der Waals surface area contributed by atoms with Crippen molar-refractivity contribution in [3.63, 3.8) is 0 Å². The van der Waals surface area contributed by atoms with E-state index in [-0.39, 0.29) is 4.90 Å². The molecule has 6 nitrogen and oxygen atoms in total. The number of hydrogen-bond acceptors (Lipinski definition) is 4. The van der Waals surface area contributed by atoms with Gasteiger partial charge in [-0.3, -0.25) is 4.79 Å². The summed E-state index contributed by atoms with van der Waals surface area (Å²) >= 11 is 0. The minimum Gasteiger partial charge on any atom is -0.480 e. The molecule has 100 valence electrons. The first kappa shape index (κ1) is 14.5. The molecule has 0 aliphatic carbocycles. The van der Waals surface area contributed by atoms with E-state index in [4.69, 9.17) is 10.8 Å². The van der Waals surface area contributed by atoms with Crippen molar-refractivity contribution < 1.29 is 18.3 Å². The molecule has 0 aromatic heterocycles. The summed E-state index contributed by atoms with van der Waals surface area (Å²) in [5, 5.41) is 8.76. The number of benzene rings is 1. The predicted octanol–water partition coefficient (Wildman–Crippen LogP) is 0.752. The molecule has 0 aliphatic heterocycles. The van der Waals surface area contributed by atoms with Gasteiger partial charge in [-0.15, -0.1) is 0 Å². The van der Waals surface area contributed by atoms with E-state index in [9.17, 15) is 13.2 Å². The van der Waals surface area contributed by atoms with Crippen molar-refractivity contribution in [3.05, 3.63) is 24.3 Å². The molecular weight excluding hydrogens is 256 g/mol. The van der Waals surface area contributed by atoms with E-state index in [2.05, 4.69) is 0 Å². The highest BCUT2D eigenvalue weighted by atomic mass is 32.2. The van der Waals surface area contributed by atoms with Crippen molar-refractivity contribution in [2.45, 2.75) is 24.8 Å². The summed E-state index contributed by atoms with van der Waals surface area (Å²) < 4.78 is 25.4. The number of hydrogen-bond donors (Lipinski definition) is 2. The molecule has 1 aromatic carbocycles. The second-order valence-corrected chi connectivity index (χ2v) is 6.00. The van der Waals surface area contributed by atoms with Gasteiger partial charge in [0.1, 0.15) is 6.54 Å². The standard InChI is InChI=1S/C11H16N2O4S/c1-8(2)13(7-11(14)15)18(16,17)10-5-3-9(12)4-6-10/h3-6,8H,7,12H2,1-2H3,(H,14,15). The van der Waals surface area contributed by atoms with E-state index in [1.54, 1.807) is 13.8 Å². The number of aliphatic carboxylic acids is 1. The summed E-state index contributed by atoms with van der Waals surface area (Å²) in [7, 11) is -3.82. The molecule has 0 unspecified atom stereocenters. The Bertz CT molecular complexity index is 522. The lowest BCUT2D eigenvalue weighted by molar-refractivity contribution is -0.137. The molecule has 0 bridgehead atoms. The normalized spacial score (nSPS) is 12.0. The monoisotopic (exact) mass is 272 g/mol. The second kappa shape index (κ2) is 5.36. The van der Waals surface area contributed by atoms with Gasteiger partial charge in [0.05, 0.1) is 4.90 Å². The minimum atomic E-state index is -3.82. The SMILES string of the molecule is CC(C)N(CC(=O)O)S(=O)(=O)c1ccc(N)cc1. The maximum Gasteiger partial charge on any atom is 0.318 e. The molecule has 0 atom stereocenters. The van der Waals surface area contributed by atoms with Crippen LogP contribution in [0.1, 0.15) is 13.8 Å². The summed E-state index contributed by atoms with van der Waals surface area (Å²) in [6, 6.07) is 5.21. The zero-order chi connectivity index (χ0) is 13.9. The van der Waals surface area contributed by atoms with Crippen LogP contribution >= 0.6 is 0 Å². The first-order chi connectivity index (χ1) is 8.25. The Hall–Kier alpha value is -1.60. The van der Waals surface area contributed by atoms with Crippen LogP contribution in [0.25, 0.3) is 0 Å². The summed E-state index contributed by atoms with van der Waals surface area (Å²) in [6.07, 6.45) is 0. The number of carbonyl (C=O) groups is 1. The minimum absolute atomic E-state index is 0.0339. The maximum atomic E-state index is 12.2. The molecule has 0 saturated carbocycles. The largest absolute Gasteiger partial charge is 0.480 e. The number of carboxylic acids is 1. The van der Waals surface area contributed by atoms with Crippen molar-refractivity contribution in [2.75, 3.05) is 12.3 Å². The van der Waals surface area contributed by atoms with Crippen LogP contribution in [0, 0.1) is 0 Å². The average Bonchev–Trinajstić information content (AvgIpc) is 2.25. The van der Waals surface area contributed by atoms with Gasteiger partial charge in [-0.05, 0) is 38.1 Å². The fourth-order valence-corrected chi connectivity index (χ4v) is 3.04. The van der Waals surface area contributed by atoms with E-state index in [1.807, 2.05) is 0 Å². The molecular formula is C11H16N2O4S. The van der Waals surface area contributed by atoms with Gasteiger partial charge in [0, 0.05) is 11.7 Å². The average molecular weight is 272 g/mol. The highest BCUT2D eigenvalue weighted by molar-refractivity contribution is 7.89. The molecule has 18 heavy (non-hydrogen) atoms. The van der Waals surface area contributed by atoms with Gasteiger partial charge in [0.15, 0.2) is 0 Å². The number of nitrogens with two attached hydrogens (primary N) is 1. The highest BCUT2D eigenvalue weighted by Crippen LogP contribution is 2.19. The summed E-state index contributed by atoms with van der Waals surface area (Å²) in [4.78, 5) is 10.8. The van der Waals surface area contributed by atoms with Gasteiger partial charge >= 0.3 is 5.97 Å². The van der Waals surface area contributed by atoms with Gasteiger partial charge in [0.25, 0.3) is 0 Å². The zero-order valence-electron chi connectivity index (χ0n) is 10.2. The highest BCUT2D eigenvalue weighted by Gasteiger charge is 2.28. The molecule has 0 amide bonds. The lowest BCUT2D eigenvalue weighted by atomic mass is 10.3.